The Labute approximate surface area is 115 Å². The Bertz CT molecular complexity index is 538. The van der Waals surface area contributed by atoms with Gasteiger partial charge in [-0.2, -0.15) is 0 Å². The quantitative estimate of drug-likeness (QED) is 0.906. The van der Waals surface area contributed by atoms with Gasteiger partial charge >= 0.3 is 0 Å². The van der Waals surface area contributed by atoms with E-state index >= 15 is 0 Å². The number of aryl methyl sites for hydroxylation is 1. The maximum atomic E-state index is 5.83. The van der Waals surface area contributed by atoms with Gasteiger partial charge in [-0.25, -0.2) is 4.98 Å². The van der Waals surface area contributed by atoms with E-state index in [2.05, 4.69) is 56.2 Å². The molecule has 0 unspecified atom stereocenters. The van der Waals surface area contributed by atoms with Crippen molar-refractivity contribution in [2.45, 2.75) is 46.2 Å². The third kappa shape index (κ3) is 3.67. The zero-order chi connectivity index (χ0) is 13.9. The van der Waals surface area contributed by atoms with Crippen LogP contribution in [-0.4, -0.2) is 10.5 Å². The molecule has 0 bridgehead atoms. The van der Waals surface area contributed by atoms with Crippen molar-refractivity contribution in [1.29, 1.82) is 0 Å². The first-order valence-electron chi connectivity index (χ1n) is 6.77. The molecule has 0 aliphatic rings. The molecule has 3 nitrogen and oxygen atoms in total. The predicted octanol–water partition coefficient (Wildman–Crippen LogP) is 3.79. The highest BCUT2D eigenvalue weighted by Gasteiger charge is 2.13. The number of aromatic nitrogens is 1. The average Bonchev–Trinajstić information content (AvgIpc) is 2.84. The summed E-state index contributed by atoms with van der Waals surface area (Å²) in [6.45, 7) is 9.19. The van der Waals surface area contributed by atoms with Gasteiger partial charge in [-0.1, -0.05) is 31.2 Å². The van der Waals surface area contributed by atoms with Crippen molar-refractivity contribution in [1.82, 2.24) is 10.3 Å². The maximum Gasteiger partial charge on any atom is 0.208 e. The summed E-state index contributed by atoms with van der Waals surface area (Å²) in [5, 5.41) is 3.38. The Morgan fingerprint density at radius 2 is 1.95 bits per heavy atom. The lowest BCUT2D eigenvalue weighted by Crippen LogP contribution is -2.35. The van der Waals surface area contributed by atoms with Gasteiger partial charge in [0.1, 0.15) is 0 Å². The Morgan fingerprint density at radius 3 is 2.63 bits per heavy atom. The van der Waals surface area contributed by atoms with Crippen LogP contribution in [-0.2, 0) is 13.0 Å². The van der Waals surface area contributed by atoms with Gasteiger partial charge in [-0.05, 0) is 32.8 Å². The Kier molecular flexibility index (Phi) is 4.05. The highest BCUT2D eigenvalue weighted by molar-refractivity contribution is 5.61. The lowest BCUT2D eigenvalue weighted by atomic mass is 10.0. The summed E-state index contributed by atoms with van der Waals surface area (Å²) in [5.41, 5.74) is 2.49. The van der Waals surface area contributed by atoms with Gasteiger partial charge in [0, 0.05) is 11.1 Å². The molecule has 1 aromatic heterocycles. The van der Waals surface area contributed by atoms with E-state index in [1.807, 2.05) is 12.3 Å². The minimum Gasteiger partial charge on any atom is -0.439 e. The molecule has 0 atom stereocenters. The van der Waals surface area contributed by atoms with Gasteiger partial charge in [0.05, 0.1) is 12.7 Å². The summed E-state index contributed by atoms with van der Waals surface area (Å²) in [6, 6.07) is 8.30. The van der Waals surface area contributed by atoms with E-state index in [1.54, 1.807) is 0 Å². The molecule has 0 amide bonds. The SMILES string of the molecule is CCc1ccccc1-c1cnc(CNC(C)(C)C)o1. The van der Waals surface area contributed by atoms with Crippen molar-refractivity contribution in [3.63, 3.8) is 0 Å². The van der Waals surface area contributed by atoms with Crippen molar-refractivity contribution in [3.05, 3.63) is 41.9 Å². The molecule has 0 aliphatic carbocycles. The zero-order valence-electron chi connectivity index (χ0n) is 12.2. The fourth-order valence-corrected chi connectivity index (χ4v) is 1.93. The Balaban J connectivity index is 2.17. The van der Waals surface area contributed by atoms with E-state index in [9.17, 15) is 0 Å². The third-order valence-corrected chi connectivity index (χ3v) is 2.99. The number of oxazole rings is 1. The van der Waals surface area contributed by atoms with Crippen molar-refractivity contribution in [2.24, 2.45) is 0 Å². The van der Waals surface area contributed by atoms with E-state index in [0.717, 1.165) is 23.6 Å². The normalized spacial score (nSPS) is 11.8. The zero-order valence-corrected chi connectivity index (χ0v) is 12.2. The van der Waals surface area contributed by atoms with Crippen molar-refractivity contribution < 1.29 is 4.42 Å². The summed E-state index contributed by atoms with van der Waals surface area (Å²) in [5.74, 6) is 1.58. The largest absolute Gasteiger partial charge is 0.439 e. The third-order valence-electron chi connectivity index (χ3n) is 2.99. The van der Waals surface area contributed by atoms with Crippen LogP contribution in [0.2, 0.25) is 0 Å². The summed E-state index contributed by atoms with van der Waals surface area (Å²) in [4.78, 5) is 4.34. The van der Waals surface area contributed by atoms with Crippen LogP contribution < -0.4 is 5.32 Å². The number of benzene rings is 1. The molecular formula is C16H22N2O. The lowest BCUT2D eigenvalue weighted by molar-refractivity contribution is 0.383. The van der Waals surface area contributed by atoms with Gasteiger partial charge in [0.2, 0.25) is 5.89 Å². The van der Waals surface area contributed by atoms with E-state index in [-0.39, 0.29) is 5.54 Å². The highest BCUT2D eigenvalue weighted by atomic mass is 16.4. The molecule has 3 heteroatoms. The molecule has 0 saturated heterocycles. The molecule has 0 radical (unpaired) electrons. The van der Waals surface area contributed by atoms with Crippen LogP contribution in [0.4, 0.5) is 0 Å². The highest BCUT2D eigenvalue weighted by Crippen LogP contribution is 2.24. The summed E-state index contributed by atoms with van der Waals surface area (Å²) in [7, 11) is 0. The minimum absolute atomic E-state index is 0.0654. The van der Waals surface area contributed by atoms with Crippen molar-refractivity contribution >= 4 is 0 Å². The molecular weight excluding hydrogens is 236 g/mol. The number of hydrogen-bond donors (Lipinski definition) is 1. The van der Waals surface area contributed by atoms with E-state index in [0.29, 0.717) is 6.54 Å². The number of rotatable bonds is 4. The van der Waals surface area contributed by atoms with Crippen LogP contribution in [0.5, 0.6) is 0 Å². The van der Waals surface area contributed by atoms with E-state index in [1.165, 1.54) is 5.56 Å². The van der Waals surface area contributed by atoms with Crippen molar-refractivity contribution in [2.75, 3.05) is 0 Å². The first kappa shape index (κ1) is 13.8. The summed E-state index contributed by atoms with van der Waals surface area (Å²) < 4.78 is 5.83. The van der Waals surface area contributed by atoms with Crippen LogP contribution in [0.15, 0.2) is 34.9 Å². The molecule has 19 heavy (non-hydrogen) atoms. The molecule has 2 rings (SSSR count). The minimum atomic E-state index is 0.0654. The molecule has 2 aromatic rings. The van der Waals surface area contributed by atoms with Crippen LogP contribution in [0.25, 0.3) is 11.3 Å². The lowest BCUT2D eigenvalue weighted by Gasteiger charge is -2.18. The summed E-state index contributed by atoms with van der Waals surface area (Å²) in [6.07, 6.45) is 2.81. The topological polar surface area (TPSA) is 38.1 Å². The second-order valence-electron chi connectivity index (χ2n) is 5.73. The second kappa shape index (κ2) is 5.57. The van der Waals surface area contributed by atoms with Crippen LogP contribution in [0.1, 0.15) is 39.1 Å². The molecule has 1 heterocycles. The maximum absolute atomic E-state index is 5.83. The molecule has 1 aromatic carbocycles. The first-order valence-corrected chi connectivity index (χ1v) is 6.77. The molecule has 1 N–H and O–H groups in total. The first-order chi connectivity index (χ1) is 8.99. The fourth-order valence-electron chi connectivity index (χ4n) is 1.93. The number of nitrogens with zero attached hydrogens (tertiary/aromatic N) is 1. The molecule has 0 aliphatic heterocycles. The summed E-state index contributed by atoms with van der Waals surface area (Å²) >= 11 is 0. The van der Waals surface area contributed by atoms with E-state index < -0.39 is 0 Å². The smallest absolute Gasteiger partial charge is 0.208 e. The molecule has 0 saturated carbocycles. The van der Waals surface area contributed by atoms with Gasteiger partial charge in [-0.3, -0.25) is 0 Å². The Morgan fingerprint density at radius 1 is 1.21 bits per heavy atom. The fraction of sp³-hybridized carbons (Fsp3) is 0.438. The monoisotopic (exact) mass is 258 g/mol. The van der Waals surface area contributed by atoms with Gasteiger partial charge in [0.25, 0.3) is 0 Å². The molecule has 0 spiro atoms. The number of nitrogens with one attached hydrogen (secondary N) is 1. The van der Waals surface area contributed by atoms with Gasteiger partial charge < -0.3 is 9.73 Å². The van der Waals surface area contributed by atoms with Crippen LogP contribution in [0.3, 0.4) is 0 Å². The van der Waals surface area contributed by atoms with Crippen LogP contribution in [0, 0.1) is 0 Å². The van der Waals surface area contributed by atoms with E-state index in [4.69, 9.17) is 4.42 Å². The average molecular weight is 258 g/mol. The van der Waals surface area contributed by atoms with Gasteiger partial charge in [-0.15, -0.1) is 0 Å². The van der Waals surface area contributed by atoms with Crippen molar-refractivity contribution in [3.8, 4) is 11.3 Å². The molecule has 0 fully saturated rings. The number of hydrogen-bond acceptors (Lipinski definition) is 3. The van der Waals surface area contributed by atoms with Crippen LogP contribution >= 0.6 is 0 Å². The van der Waals surface area contributed by atoms with Gasteiger partial charge in [0.15, 0.2) is 5.76 Å². The predicted molar refractivity (Wildman–Crippen MR) is 77.9 cm³/mol. The second-order valence-corrected chi connectivity index (χ2v) is 5.73. The molecule has 102 valence electrons. The standard InChI is InChI=1S/C16H22N2O/c1-5-12-8-6-7-9-13(12)14-10-17-15(19-14)11-18-16(2,3)4/h6-10,18H,5,11H2,1-4H3. The Hall–Kier alpha value is -1.61.